The maximum atomic E-state index is 11.1. The van der Waals surface area contributed by atoms with Gasteiger partial charge in [-0.05, 0) is 13.8 Å². The Hall–Kier alpha value is -0.610. The summed E-state index contributed by atoms with van der Waals surface area (Å²) in [5.74, 6) is 0.0538. The molecule has 1 unspecified atom stereocenters. The van der Waals surface area contributed by atoms with Crippen LogP contribution >= 0.6 is 0 Å². The number of hydrogen-bond donors (Lipinski definition) is 2. The minimum absolute atomic E-state index is 0.0538. The summed E-state index contributed by atoms with van der Waals surface area (Å²) in [6.45, 7) is 5.08. The molecule has 0 radical (unpaired) electrons. The molecule has 0 fully saturated rings. The van der Waals surface area contributed by atoms with Crippen LogP contribution in [0.2, 0.25) is 0 Å². The number of carbonyl (C=O) groups is 1. The van der Waals surface area contributed by atoms with Gasteiger partial charge in [-0.1, -0.05) is 0 Å². The Morgan fingerprint density at radius 3 is 2.67 bits per heavy atom. The van der Waals surface area contributed by atoms with Gasteiger partial charge in [0.2, 0.25) is 5.91 Å². The molecule has 72 valence electrons. The number of aliphatic hydroxyl groups excluding tert-OH is 1. The molecule has 0 aliphatic rings. The quantitative estimate of drug-likeness (QED) is 0.587. The van der Waals surface area contributed by atoms with E-state index in [0.29, 0.717) is 13.1 Å². The van der Waals surface area contributed by atoms with Gasteiger partial charge in [-0.2, -0.15) is 0 Å². The van der Waals surface area contributed by atoms with Gasteiger partial charge in [0.1, 0.15) is 0 Å². The molecule has 0 bridgehead atoms. The van der Waals surface area contributed by atoms with E-state index in [2.05, 4.69) is 5.32 Å². The molecule has 0 saturated carbocycles. The summed E-state index contributed by atoms with van der Waals surface area (Å²) in [4.78, 5) is 12.8. The predicted molar refractivity (Wildman–Crippen MR) is 47.9 cm³/mol. The summed E-state index contributed by atoms with van der Waals surface area (Å²) in [7, 11) is 1.76. The lowest BCUT2D eigenvalue weighted by Gasteiger charge is -2.15. The lowest BCUT2D eigenvalue weighted by atomic mass is 10.4. The third kappa shape index (κ3) is 5.09. The zero-order valence-corrected chi connectivity index (χ0v) is 8.00. The molecule has 12 heavy (non-hydrogen) atoms. The number of nitrogens with one attached hydrogen (secondary N) is 1. The topological polar surface area (TPSA) is 52.6 Å². The van der Waals surface area contributed by atoms with Crippen molar-refractivity contribution < 1.29 is 9.90 Å². The van der Waals surface area contributed by atoms with Crippen LogP contribution in [0, 0.1) is 0 Å². The van der Waals surface area contributed by atoms with E-state index in [4.69, 9.17) is 5.11 Å². The molecule has 4 nitrogen and oxygen atoms in total. The van der Waals surface area contributed by atoms with Crippen LogP contribution < -0.4 is 5.32 Å². The van der Waals surface area contributed by atoms with Crippen molar-refractivity contribution in [2.45, 2.75) is 20.0 Å². The molecular weight excluding hydrogens is 156 g/mol. The first kappa shape index (κ1) is 11.4. The minimum Gasteiger partial charge on any atom is -0.392 e. The Balaban J connectivity index is 3.44. The van der Waals surface area contributed by atoms with Crippen molar-refractivity contribution in [1.82, 2.24) is 10.2 Å². The molecule has 0 saturated heterocycles. The van der Waals surface area contributed by atoms with Crippen LogP contribution in [0.4, 0.5) is 0 Å². The highest BCUT2D eigenvalue weighted by Gasteiger charge is 2.05. The average Bonchev–Trinajstić information content (AvgIpc) is 2.02. The monoisotopic (exact) mass is 174 g/mol. The first-order chi connectivity index (χ1) is 5.57. The molecule has 0 aliphatic heterocycles. The SMILES string of the molecule is CCN(C)C(=O)CNCC(C)O. The van der Waals surface area contributed by atoms with E-state index in [0.717, 1.165) is 6.54 Å². The molecule has 0 heterocycles. The van der Waals surface area contributed by atoms with Gasteiger partial charge in [-0.3, -0.25) is 4.79 Å². The van der Waals surface area contributed by atoms with Gasteiger partial charge in [0.25, 0.3) is 0 Å². The second-order valence-corrected chi connectivity index (χ2v) is 2.89. The van der Waals surface area contributed by atoms with Crippen molar-refractivity contribution in [2.24, 2.45) is 0 Å². The largest absolute Gasteiger partial charge is 0.392 e. The number of amides is 1. The van der Waals surface area contributed by atoms with Gasteiger partial charge >= 0.3 is 0 Å². The normalized spacial score (nSPS) is 12.7. The number of nitrogens with zero attached hydrogens (tertiary/aromatic N) is 1. The summed E-state index contributed by atoms with van der Waals surface area (Å²) < 4.78 is 0. The van der Waals surface area contributed by atoms with Crippen molar-refractivity contribution in [3.8, 4) is 0 Å². The molecule has 0 aromatic carbocycles. The number of aliphatic hydroxyl groups is 1. The Bertz CT molecular complexity index is 137. The van der Waals surface area contributed by atoms with Crippen LogP contribution in [0.1, 0.15) is 13.8 Å². The summed E-state index contributed by atoms with van der Waals surface area (Å²) >= 11 is 0. The molecular formula is C8H18N2O2. The molecule has 1 atom stereocenters. The Labute approximate surface area is 73.6 Å². The molecule has 0 aromatic rings. The molecule has 2 N–H and O–H groups in total. The lowest BCUT2D eigenvalue weighted by Crippen LogP contribution is -2.37. The molecule has 4 heteroatoms. The van der Waals surface area contributed by atoms with Crippen molar-refractivity contribution >= 4 is 5.91 Å². The van der Waals surface area contributed by atoms with Crippen molar-refractivity contribution in [3.05, 3.63) is 0 Å². The number of rotatable bonds is 5. The number of likely N-dealkylation sites (N-methyl/N-ethyl adjacent to an activating group) is 1. The summed E-state index contributed by atoms with van der Waals surface area (Å²) in [6.07, 6.45) is -0.398. The number of carbonyl (C=O) groups excluding carboxylic acids is 1. The van der Waals surface area contributed by atoms with E-state index in [1.54, 1.807) is 18.9 Å². The van der Waals surface area contributed by atoms with Crippen LogP contribution in [-0.4, -0.2) is 48.7 Å². The van der Waals surface area contributed by atoms with Gasteiger partial charge in [-0.25, -0.2) is 0 Å². The highest BCUT2D eigenvalue weighted by Crippen LogP contribution is 1.82. The Kier molecular flexibility index (Phi) is 5.66. The minimum atomic E-state index is -0.398. The van der Waals surface area contributed by atoms with Crippen LogP contribution in [0.25, 0.3) is 0 Å². The van der Waals surface area contributed by atoms with Crippen LogP contribution in [-0.2, 0) is 4.79 Å². The smallest absolute Gasteiger partial charge is 0.236 e. The maximum absolute atomic E-state index is 11.1. The van der Waals surface area contributed by atoms with E-state index in [1.807, 2.05) is 6.92 Å². The van der Waals surface area contributed by atoms with Gasteiger partial charge in [0.15, 0.2) is 0 Å². The van der Waals surface area contributed by atoms with E-state index in [-0.39, 0.29) is 5.91 Å². The van der Waals surface area contributed by atoms with Crippen molar-refractivity contribution in [3.63, 3.8) is 0 Å². The van der Waals surface area contributed by atoms with Gasteiger partial charge < -0.3 is 15.3 Å². The molecule has 0 aliphatic carbocycles. The molecule has 0 rings (SSSR count). The van der Waals surface area contributed by atoms with Gasteiger partial charge in [0.05, 0.1) is 12.6 Å². The fourth-order valence-corrected chi connectivity index (χ4v) is 0.699. The Morgan fingerprint density at radius 2 is 2.25 bits per heavy atom. The predicted octanol–water partition coefficient (Wildman–Crippen LogP) is -0.565. The molecule has 0 spiro atoms. The van der Waals surface area contributed by atoms with Crippen molar-refractivity contribution in [1.29, 1.82) is 0 Å². The van der Waals surface area contributed by atoms with Gasteiger partial charge in [-0.15, -0.1) is 0 Å². The third-order valence-corrected chi connectivity index (χ3v) is 1.62. The Morgan fingerprint density at radius 1 is 1.67 bits per heavy atom. The first-order valence-electron chi connectivity index (χ1n) is 4.20. The fraction of sp³-hybridized carbons (Fsp3) is 0.875. The average molecular weight is 174 g/mol. The maximum Gasteiger partial charge on any atom is 0.236 e. The van der Waals surface area contributed by atoms with Crippen LogP contribution in [0.15, 0.2) is 0 Å². The first-order valence-corrected chi connectivity index (χ1v) is 4.20. The van der Waals surface area contributed by atoms with E-state index >= 15 is 0 Å². The third-order valence-electron chi connectivity index (χ3n) is 1.62. The molecule has 0 aromatic heterocycles. The summed E-state index contributed by atoms with van der Waals surface area (Å²) in [5.41, 5.74) is 0. The van der Waals surface area contributed by atoms with Crippen molar-refractivity contribution in [2.75, 3.05) is 26.7 Å². The number of hydrogen-bond acceptors (Lipinski definition) is 3. The highest BCUT2D eigenvalue weighted by molar-refractivity contribution is 5.77. The van der Waals surface area contributed by atoms with Gasteiger partial charge in [0, 0.05) is 20.1 Å². The van der Waals surface area contributed by atoms with E-state index < -0.39 is 6.10 Å². The fourth-order valence-electron chi connectivity index (χ4n) is 0.699. The van der Waals surface area contributed by atoms with Crippen LogP contribution in [0.5, 0.6) is 0 Å². The zero-order valence-electron chi connectivity index (χ0n) is 8.00. The van der Waals surface area contributed by atoms with E-state index in [1.165, 1.54) is 0 Å². The standard InChI is InChI=1S/C8H18N2O2/c1-4-10(3)8(12)6-9-5-7(2)11/h7,9,11H,4-6H2,1-3H3. The van der Waals surface area contributed by atoms with Crippen LogP contribution in [0.3, 0.4) is 0 Å². The molecule has 1 amide bonds. The zero-order chi connectivity index (χ0) is 9.56. The summed E-state index contributed by atoms with van der Waals surface area (Å²) in [5, 5.41) is 11.7. The van der Waals surface area contributed by atoms with E-state index in [9.17, 15) is 4.79 Å². The highest BCUT2D eigenvalue weighted by atomic mass is 16.3. The second kappa shape index (κ2) is 5.97. The lowest BCUT2D eigenvalue weighted by molar-refractivity contribution is -0.128. The second-order valence-electron chi connectivity index (χ2n) is 2.89. The summed E-state index contributed by atoms with van der Waals surface area (Å²) in [6, 6.07) is 0.